The first kappa shape index (κ1) is 48.6. The Morgan fingerprint density at radius 2 is 1.06 bits per heavy atom. The molecule has 0 aromatic heterocycles. The molecule has 23 heteroatoms. The van der Waals surface area contributed by atoms with Gasteiger partial charge in [0.2, 0.25) is 47.3 Å². The zero-order valence-corrected chi connectivity index (χ0v) is 30.7. The Morgan fingerprint density at radius 1 is 0.574 bits per heavy atom. The van der Waals surface area contributed by atoms with Crippen LogP contribution in [0.5, 0.6) is 0 Å². The van der Waals surface area contributed by atoms with Gasteiger partial charge in [0.1, 0.15) is 18.1 Å². The van der Waals surface area contributed by atoms with Gasteiger partial charge in [-0.1, -0.05) is 27.7 Å². The Bertz CT molecular complexity index is 1360. The Kier molecular flexibility index (Phi) is 22.3. The predicted molar refractivity (Wildman–Crippen MR) is 185 cm³/mol. The van der Waals surface area contributed by atoms with Crippen LogP contribution < -0.4 is 48.3 Å². The number of aliphatic carboxylic acids is 2. The van der Waals surface area contributed by atoms with E-state index < -0.39 is 141 Å². The number of hydrogen-bond donors (Lipinski definition) is 13. The highest BCUT2D eigenvalue weighted by atomic mass is 16.4. The molecule has 0 rings (SSSR count). The lowest BCUT2D eigenvalue weighted by molar-refractivity contribution is -0.145. The molecule has 8 amide bonds. The number of carboxylic acids is 2. The van der Waals surface area contributed by atoms with Crippen LogP contribution in [-0.4, -0.2) is 149 Å². The van der Waals surface area contributed by atoms with Crippen molar-refractivity contribution in [2.45, 2.75) is 90.2 Å². The zero-order chi connectivity index (χ0) is 41.7. The molecule has 0 fully saturated rings. The van der Waals surface area contributed by atoms with E-state index in [-0.39, 0.29) is 18.8 Å². The van der Waals surface area contributed by atoms with Gasteiger partial charge in [-0.25, -0.2) is 4.79 Å². The Labute approximate surface area is 310 Å². The number of amides is 8. The standard InChI is InChI=1S/C31H53N9O14/c1-14(2)8-17(32)27(49)37-18(6-7-24(47)48)29(51)38-19(13-41)28(50)36-11-22(45)34-9-20(43)33-10-21(44)35-12-23(46)39-25(15(3)4)30(52)40-26(16(5)42)31(53)54/h14-19,25-26,41-42H,6-13,32H2,1-5H3,(H,33,43)(H,34,45)(H,35,44)(H,36,50)(H,37,49)(H,38,51)(H,39,46)(H,40,52)(H,47,48)(H,53,54)/t16-,17+,18+,19+,25+,26+/m1/s1. The van der Waals surface area contributed by atoms with E-state index in [1.807, 2.05) is 13.8 Å². The third kappa shape index (κ3) is 20.0. The summed E-state index contributed by atoms with van der Waals surface area (Å²) < 4.78 is 0. The topological polar surface area (TPSA) is 374 Å². The number of aliphatic hydroxyl groups excluding tert-OH is 2. The molecule has 0 bridgehead atoms. The highest BCUT2D eigenvalue weighted by Crippen LogP contribution is 2.06. The summed E-state index contributed by atoms with van der Waals surface area (Å²) in [6.45, 7) is 4.36. The van der Waals surface area contributed by atoms with Gasteiger partial charge in [0.05, 0.1) is 44.9 Å². The number of hydrogen-bond acceptors (Lipinski definition) is 13. The lowest BCUT2D eigenvalue weighted by atomic mass is 10.0. The zero-order valence-electron chi connectivity index (χ0n) is 30.7. The van der Waals surface area contributed by atoms with Gasteiger partial charge < -0.3 is 68.7 Å². The maximum absolute atomic E-state index is 12.8. The van der Waals surface area contributed by atoms with Crippen LogP contribution in [0.3, 0.4) is 0 Å². The van der Waals surface area contributed by atoms with E-state index in [2.05, 4.69) is 42.5 Å². The highest BCUT2D eigenvalue weighted by Gasteiger charge is 2.31. The normalized spacial score (nSPS) is 14.2. The lowest BCUT2D eigenvalue weighted by Crippen LogP contribution is -2.57. The van der Waals surface area contributed by atoms with Crippen molar-refractivity contribution < 1.29 is 68.4 Å². The summed E-state index contributed by atoms with van der Waals surface area (Å²) in [7, 11) is 0. The van der Waals surface area contributed by atoms with Crippen molar-refractivity contribution in [1.29, 1.82) is 0 Å². The molecular formula is C31H53N9O14. The Balaban J connectivity index is 4.82. The van der Waals surface area contributed by atoms with Crippen LogP contribution in [0.25, 0.3) is 0 Å². The van der Waals surface area contributed by atoms with Crippen LogP contribution in [0.4, 0.5) is 0 Å². The van der Waals surface area contributed by atoms with Crippen LogP contribution in [0.15, 0.2) is 0 Å². The van der Waals surface area contributed by atoms with Gasteiger partial charge in [-0.05, 0) is 31.6 Å². The van der Waals surface area contributed by atoms with Gasteiger partial charge in [0.25, 0.3) is 0 Å². The lowest BCUT2D eigenvalue weighted by Gasteiger charge is -2.25. The first-order valence-electron chi connectivity index (χ1n) is 16.9. The Morgan fingerprint density at radius 3 is 1.48 bits per heavy atom. The Hall–Kier alpha value is -5.42. The van der Waals surface area contributed by atoms with Crippen molar-refractivity contribution in [1.82, 2.24) is 42.5 Å². The van der Waals surface area contributed by atoms with Gasteiger partial charge in [0, 0.05) is 6.42 Å². The number of carbonyl (C=O) groups is 10. The molecule has 306 valence electrons. The molecule has 0 heterocycles. The fraction of sp³-hybridized carbons (Fsp3) is 0.677. The number of carboxylic acid groups (broad SMARTS) is 2. The van der Waals surface area contributed by atoms with E-state index >= 15 is 0 Å². The molecule has 0 saturated heterocycles. The van der Waals surface area contributed by atoms with E-state index in [9.17, 15) is 58.2 Å². The van der Waals surface area contributed by atoms with Crippen LogP contribution in [0.1, 0.15) is 53.9 Å². The minimum atomic E-state index is -1.62. The van der Waals surface area contributed by atoms with E-state index in [1.165, 1.54) is 0 Å². The summed E-state index contributed by atoms with van der Waals surface area (Å²) in [5.74, 6) is -10.2. The molecule has 0 spiro atoms. The summed E-state index contributed by atoms with van der Waals surface area (Å²) in [6, 6.07) is -6.86. The molecule has 0 aromatic rings. The van der Waals surface area contributed by atoms with Gasteiger partial charge in [0.15, 0.2) is 6.04 Å². The monoisotopic (exact) mass is 775 g/mol. The van der Waals surface area contributed by atoms with Crippen LogP contribution in [0.2, 0.25) is 0 Å². The summed E-state index contributed by atoms with van der Waals surface area (Å²) in [4.78, 5) is 121. The largest absolute Gasteiger partial charge is 0.481 e. The van der Waals surface area contributed by atoms with Crippen molar-refractivity contribution in [3.63, 3.8) is 0 Å². The maximum atomic E-state index is 12.8. The number of nitrogens with two attached hydrogens (primary N) is 1. The van der Waals surface area contributed by atoms with Gasteiger partial charge >= 0.3 is 11.9 Å². The van der Waals surface area contributed by atoms with Gasteiger partial charge in [-0.2, -0.15) is 0 Å². The molecule has 0 aliphatic rings. The van der Waals surface area contributed by atoms with Gasteiger partial charge in [-0.15, -0.1) is 0 Å². The molecule has 54 heavy (non-hydrogen) atoms. The third-order valence-electron chi connectivity index (χ3n) is 7.23. The smallest absolute Gasteiger partial charge is 0.328 e. The van der Waals surface area contributed by atoms with Crippen molar-refractivity contribution in [2.75, 3.05) is 32.8 Å². The molecule has 0 aliphatic heterocycles. The van der Waals surface area contributed by atoms with Crippen molar-refractivity contribution >= 4 is 59.2 Å². The van der Waals surface area contributed by atoms with Gasteiger partial charge in [-0.3, -0.25) is 43.2 Å². The quantitative estimate of drug-likeness (QED) is 0.0410. The van der Waals surface area contributed by atoms with E-state index in [0.29, 0.717) is 0 Å². The van der Waals surface area contributed by atoms with Crippen LogP contribution in [-0.2, 0) is 47.9 Å². The highest BCUT2D eigenvalue weighted by molar-refractivity contribution is 5.95. The molecular weight excluding hydrogens is 722 g/mol. The number of aliphatic hydroxyl groups is 2. The predicted octanol–water partition coefficient (Wildman–Crippen LogP) is -6.26. The number of nitrogens with one attached hydrogen (secondary N) is 8. The van der Waals surface area contributed by atoms with Crippen LogP contribution in [0, 0.1) is 11.8 Å². The van der Waals surface area contributed by atoms with E-state index in [1.54, 1.807) is 13.8 Å². The summed E-state index contributed by atoms with van der Waals surface area (Å²) in [6.07, 6.45) is -2.02. The molecule has 23 nitrogen and oxygen atoms in total. The molecule has 0 radical (unpaired) electrons. The minimum absolute atomic E-state index is 0.0426. The second-order valence-electron chi connectivity index (χ2n) is 12.9. The van der Waals surface area contributed by atoms with E-state index in [4.69, 9.17) is 15.9 Å². The average molecular weight is 776 g/mol. The SMILES string of the molecule is CC(C)C[C@H](N)C(=O)N[C@@H](CCC(=O)O)C(=O)N[C@@H](CO)C(=O)NCC(=O)NCC(=O)NCC(=O)NCC(=O)N[C@H](C(=O)N[C@H](C(=O)O)[C@@H](C)O)C(C)C. The summed E-state index contributed by atoms with van der Waals surface area (Å²) in [5, 5.41) is 55.0. The molecule has 14 N–H and O–H groups in total. The molecule has 0 aromatic carbocycles. The molecule has 0 unspecified atom stereocenters. The van der Waals surface area contributed by atoms with E-state index in [0.717, 1.165) is 6.92 Å². The van der Waals surface area contributed by atoms with Crippen molar-refractivity contribution in [2.24, 2.45) is 17.6 Å². The first-order chi connectivity index (χ1) is 25.1. The second kappa shape index (κ2) is 24.8. The fourth-order valence-corrected chi connectivity index (χ4v) is 4.30. The fourth-order valence-electron chi connectivity index (χ4n) is 4.30. The first-order valence-corrected chi connectivity index (χ1v) is 16.9. The second-order valence-corrected chi connectivity index (χ2v) is 12.9. The summed E-state index contributed by atoms with van der Waals surface area (Å²) >= 11 is 0. The number of carbonyl (C=O) groups excluding carboxylic acids is 8. The molecule has 6 atom stereocenters. The maximum Gasteiger partial charge on any atom is 0.328 e. The summed E-state index contributed by atoms with van der Waals surface area (Å²) in [5.41, 5.74) is 5.83. The third-order valence-corrected chi connectivity index (χ3v) is 7.23. The van der Waals surface area contributed by atoms with Crippen molar-refractivity contribution in [3.05, 3.63) is 0 Å². The number of rotatable bonds is 25. The minimum Gasteiger partial charge on any atom is -0.481 e. The average Bonchev–Trinajstić information content (AvgIpc) is 3.08. The molecule has 0 saturated carbocycles. The van der Waals surface area contributed by atoms with Crippen LogP contribution >= 0.6 is 0 Å². The molecule has 0 aliphatic carbocycles. The van der Waals surface area contributed by atoms with Crippen molar-refractivity contribution in [3.8, 4) is 0 Å².